The molecule has 0 bridgehead atoms. The normalized spacial score (nSPS) is 29.1. The number of nitrogens with zero attached hydrogens (tertiary/aromatic N) is 2. The van der Waals surface area contributed by atoms with Gasteiger partial charge < -0.3 is 0 Å². The third kappa shape index (κ3) is 2.27. The highest BCUT2D eigenvalue weighted by Crippen LogP contribution is 2.30. The molecule has 1 aliphatic rings. The first kappa shape index (κ1) is 11.5. The van der Waals surface area contributed by atoms with E-state index >= 15 is 0 Å². The molecule has 0 aromatic carbocycles. The Hall–Kier alpha value is -0.550. The van der Waals surface area contributed by atoms with Crippen LogP contribution in [0.3, 0.4) is 0 Å². The maximum Gasteiger partial charge on any atom is 0.0672 e. The van der Waals surface area contributed by atoms with Gasteiger partial charge in [-0.3, -0.25) is 4.90 Å². The molecule has 0 aromatic heterocycles. The SMILES string of the molecule is CCC(C)N(CC)C1CCCC1C#N. The quantitative estimate of drug-likeness (QED) is 0.688. The minimum Gasteiger partial charge on any atom is -0.297 e. The predicted molar refractivity (Wildman–Crippen MR) is 58.9 cm³/mol. The van der Waals surface area contributed by atoms with Gasteiger partial charge in [-0.25, -0.2) is 0 Å². The summed E-state index contributed by atoms with van der Waals surface area (Å²) in [5.41, 5.74) is 0. The van der Waals surface area contributed by atoms with Gasteiger partial charge >= 0.3 is 0 Å². The van der Waals surface area contributed by atoms with Gasteiger partial charge in [-0.1, -0.05) is 20.3 Å². The Morgan fingerprint density at radius 1 is 1.43 bits per heavy atom. The molecule has 0 N–H and O–H groups in total. The largest absolute Gasteiger partial charge is 0.297 e. The Labute approximate surface area is 87.9 Å². The van der Waals surface area contributed by atoms with Crippen LogP contribution in [0.2, 0.25) is 0 Å². The molecule has 3 unspecified atom stereocenters. The van der Waals surface area contributed by atoms with Gasteiger partial charge in [0.15, 0.2) is 0 Å². The van der Waals surface area contributed by atoms with Crippen LogP contribution in [-0.2, 0) is 0 Å². The van der Waals surface area contributed by atoms with Gasteiger partial charge in [0.25, 0.3) is 0 Å². The Morgan fingerprint density at radius 3 is 2.64 bits per heavy atom. The van der Waals surface area contributed by atoms with Gasteiger partial charge in [0.05, 0.1) is 12.0 Å². The van der Waals surface area contributed by atoms with Gasteiger partial charge in [-0.15, -0.1) is 0 Å². The second-order valence-electron chi connectivity index (χ2n) is 4.32. The number of hydrogen-bond acceptors (Lipinski definition) is 2. The lowest BCUT2D eigenvalue weighted by atomic mass is 10.0. The topological polar surface area (TPSA) is 27.0 Å². The molecule has 1 fully saturated rings. The van der Waals surface area contributed by atoms with E-state index in [0.29, 0.717) is 12.1 Å². The lowest BCUT2D eigenvalue weighted by Crippen LogP contribution is -2.43. The molecule has 0 heterocycles. The van der Waals surface area contributed by atoms with Crippen molar-refractivity contribution in [1.29, 1.82) is 5.26 Å². The third-order valence-electron chi connectivity index (χ3n) is 3.59. The molecule has 1 saturated carbocycles. The molecule has 0 saturated heterocycles. The van der Waals surface area contributed by atoms with Crippen molar-refractivity contribution < 1.29 is 0 Å². The van der Waals surface area contributed by atoms with Crippen LogP contribution in [0.25, 0.3) is 0 Å². The van der Waals surface area contributed by atoms with E-state index in [9.17, 15) is 0 Å². The molecule has 0 aromatic rings. The molecule has 0 amide bonds. The number of hydrogen-bond donors (Lipinski definition) is 0. The molecule has 80 valence electrons. The molecule has 2 nitrogen and oxygen atoms in total. The molecule has 1 aliphatic carbocycles. The van der Waals surface area contributed by atoms with Crippen molar-refractivity contribution >= 4 is 0 Å². The average Bonchev–Trinajstić information content (AvgIpc) is 2.66. The first-order chi connectivity index (χ1) is 6.74. The molecule has 14 heavy (non-hydrogen) atoms. The summed E-state index contributed by atoms with van der Waals surface area (Å²) in [6.07, 6.45) is 4.74. The van der Waals surface area contributed by atoms with Crippen molar-refractivity contribution in [3.8, 4) is 6.07 Å². The fourth-order valence-corrected chi connectivity index (χ4v) is 2.60. The first-order valence-electron chi connectivity index (χ1n) is 5.89. The lowest BCUT2D eigenvalue weighted by molar-refractivity contribution is 0.133. The summed E-state index contributed by atoms with van der Waals surface area (Å²) in [6.45, 7) is 7.79. The van der Waals surface area contributed by atoms with Crippen LogP contribution in [0.15, 0.2) is 0 Å². The average molecular weight is 194 g/mol. The zero-order valence-electron chi connectivity index (χ0n) is 9.66. The van der Waals surface area contributed by atoms with Crippen LogP contribution in [-0.4, -0.2) is 23.5 Å². The highest BCUT2D eigenvalue weighted by molar-refractivity contribution is 4.98. The van der Waals surface area contributed by atoms with Gasteiger partial charge in [0.1, 0.15) is 0 Å². The summed E-state index contributed by atoms with van der Waals surface area (Å²) in [4.78, 5) is 2.51. The van der Waals surface area contributed by atoms with Gasteiger partial charge in [0.2, 0.25) is 0 Å². The number of nitriles is 1. The van der Waals surface area contributed by atoms with Crippen LogP contribution in [0.5, 0.6) is 0 Å². The van der Waals surface area contributed by atoms with Crippen molar-refractivity contribution in [2.24, 2.45) is 5.92 Å². The maximum atomic E-state index is 9.06. The van der Waals surface area contributed by atoms with Crippen molar-refractivity contribution in [2.75, 3.05) is 6.54 Å². The predicted octanol–water partition coefficient (Wildman–Crippen LogP) is 2.80. The molecule has 2 heteroatoms. The van der Waals surface area contributed by atoms with Crippen molar-refractivity contribution in [2.45, 2.75) is 58.5 Å². The minimum absolute atomic E-state index is 0.281. The molecule has 0 radical (unpaired) electrons. The fraction of sp³-hybridized carbons (Fsp3) is 0.917. The van der Waals surface area contributed by atoms with Crippen LogP contribution in [0.1, 0.15) is 46.5 Å². The van der Waals surface area contributed by atoms with E-state index in [1.54, 1.807) is 0 Å². The summed E-state index contributed by atoms with van der Waals surface area (Å²) in [5, 5.41) is 9.06. The molecule has 3 atom stereocenters. The number of rotatable bonds is 4. The maximum absolute atomic E-state index is 9.06. The smallest absolute Gasteiger partial charge is 0.0672 e. The Balaban J connectivity index is 2.64. The first-order valence-corrected chi connectivity index (χ1v) is 5.89. The summed E-state index contributed by atoms with van der Waals surface area (Å²) in [5.74, 6) is 0.281. The van der Waals surface area contributed by atoms with Crippen LogP contribution in [0.4, 0.5) is 0 Å². The van der Waals surface area contributed by atoms with Crippen molar-refractivity contribution in [3.05, 3.63) is 0 Å². The standard InChI is InChI=1S/C12H22N2/c1-4-10(3)14(5-2)12-8-6-7-11(12)9-13/h10-12H,4-8H2,1-3H3. The van der Waals surface area contributed by atoms with Gasteiger partial charge in [-0.05, 0) is 32.7 Å². The van der Waals surface area contributed by atoms with E-state index in [4.69, 9.17) is 5.26 Å². The van der Waals surface area contributed by atoms with Crippen molar-refractivity contribution in [3.63, 3.8) is 0 Å². The molecule has 0 aliphatic heterocycles. The van der Waals surface area contributed by atoms with Crippen molar-refractivity contribution in [1.82, 2.24) is 4.90 Å². The second kappa shape index (κ2) is 5.36. The monoisotopic (exact) mass is 194 g/mol. The van der Waals surface area contributed by atoms with E-state index in [1.807, 2.05) is 0 Å². The molecular formula is C12H22N2. The summed E-state index contributed by atoms with van der Waals surface area (Å²) in [7, 11) is 0. The van der Waals surface area contributed by atoms with Gasteiger partial charge in [-0.2, -0.15) is 5.26 Å². The summed E-state index contributed by atoms with van der Waals surface area (Å²) in [6, 6.07) is 3.62. The zero-order chi connectivity index (χ0) is 10.6. The van der Waals surface area contributed by atoms with E-state index in [2.05, 4.69) is 31.7 Å². The third-order valence-corrected chi connectivity index (χ3v) is 3.59. The lowest BCUT2D eigenvalue weighted by Gasteiger charge is -2.34. The zero-order valence-corrected chi connectivity index (χ0v) is 9.66. The van der Waals surface area contributed by atoms with E-state index < -0.39 is 0 Å². The Kier molecular flexibility index (Phi) is 4.41. The molecular weight excluding hydrogens is 172 g/mol. The molecule has 1 rings (SSSR count). The van der Waals surface area contributed by atoms with Gasteiger partial charge in [0, 0.05) is 12.1 Å². The second-order valence-corrected chi connectivity index (χ2v) is 4.32. The minimum atomic E-state index is 0.281. The fourth-order valence-electron chi connectivity index (χ4n) is 2.60. The molecule has 0 spiro atoms. The summed E-state index contributed by atoms with van der Waals surface area (Å²) >= 11 is 0. The highest BCUT2D eigenvalue weighted by Gasteiger charge is 2.32. The Morgan fingerprint density at radius 2 is 2.14 bits per heavy atom. The highest BCUT2D eigenvalue weighted by atomic mass is 15.2. The Bertz CT molecular complexity index is 207. The van der Waals surface area contributed by atoms with Crippen LogP contribution >= 0.6 is 0 Å². The summed E-state index contributed by atoms with van der Waals surface area (Å²) < 4.78 is 0. The van der Waals surface area contributed by atoms with E-state index in [1.165, 1.54) is 19.3 Å². The van der Waals surface area contributed by atoms with Crippen LogP contribution < -0.4 is 0 Å². The van der Waals surface area contributed by atoms with E-state index in [0.717, 1.165) is 13.0 Å². The van der Waals surface area contributed by atoms with E-state index in [-0.39, 0.29) is 5.92 Å². The van der Waals surface area contributed by atoms with Crippen LogP contribution in [0, 0.1) is 17.2 Å².